The van der Waals surface area contributed by atoms with Crippen LogP contribution in [0.2, 0.25) is 0 Å². The number of hydrogen-bond acceptors (Lipinski definition) is 6. The summed E-state index contributed by atoms with van der Waals surface area (Å²) < 4.78 is 5.18. The van der Waals surface area contributed by atoms with E-state index in [9.17, 15) is 19.2 Å². The lowest BCUT2D eigenvalue weighted by Crippen LogP contribution is -2.56. The number of carboxylic acid groups (broad SMARTS) is 1. The third kappa shape index (κ3) is 7.89. The first-order valence-corrected chi connectivity index (χ1v) is 9.93. The Bertz CT molecular complexity index is 757. The Hall–Kier alpha value is -3.14. The number of aliphatic carboxylic acids is 1. The van der Waals surface area contributed by atoms with Gasteiger partial charge in [-0.15, -0.1) is 0 Å². The Labute approximate surface area is 181 Å². The van der Waals surface area contributed by atoms with Crippen LogP contribution in [0.5, 0.6) is 0 Å². The molecule has 0 bridgehead atoms. The van der Waals surface area contributed by atoms with Crippen molar-refractivity contribution in [3.8, 4) is 0 Å². The number of ether oxygens (including phenoxy) is 1. The lowest BCUT2D eigenvalue weighted by molar-refractivity contribution is -0.146. The van der Waals surface area contributed by atoms with E-state index in [0.29, 0.717) is 6.42 Å². The van der Waals surface area contributed by atoms with E-state index >= 15 is 0 Å². The van der Waals surface area contributed by atoms with Gasteiger partial charge in [-0.2, -0.15) is 0 Å². The van der Waals surface area contributed by atoms with Gasteiger partial charge in [-0.1, -0.05) is 50.6 Å². The quantitative estimate of drug-likeness (QED) is 0.463. The smallest absolute Gasteiger partial charge is 0.410 e. The second kappa shape index (κ2) is 12.5. The highest BCUT2D eigenvalue weighted by Gasteiger charge is 2.34. The van der Waals surface area contributed by atoms with Gasteiger partial charge in [0.25, 0.3) is 0 Å². The minimum Gasteiger partial charge on any atom is -0.480 e. The summed E-state index contributed by atoms with van der Waals surface area (Å²) in [6.45, 7) is 2.54. The number of carbonyl (C=O) groups is 4. The van der Waals surface area contributed by atoms with Crippen LogP contribution in [0.4, 0.5) is 4.79 Å². The first-order chi connectivity index (χ1) is 14.6. The topological polar surface area (TPSA) is 136 Å². The lowest BCUT2D eigenvalue weighted by Gasteiger charge is -2.33. The maximum Gasteiger partial charge on any atom is 0.410 e. The Morgan fingerprint density at radius 1 is 1.13 bits per heavy atom. The van der Waals surface area contributed by atoms with Gasteiger partial charge in [-0.3, -0.25) is 9.59 Å². The first-order valence-electron chi connectivity index (χ1n) is 9.93. The number of carbonyl (C=O) groups excluding carboxylic acids is 3. The van der Waals surface area contributed by atoms with E-state index in [2.05, 4.69) is 5.32 Å². The molecule has 3 amide bonds. The molecule has 0 aliphatic heterocycles. The summed E-state index contributed by atoms with van der Waals surface area (Å²) in [5.41, 5.74) is 0.804. The van der Waals surface area contributed by atoms with Crippen molar-refractivity contribution in [3.05, 3.63) is 35.9 Å². The summed E-state index contributed by atoms with van der Waals surface area (Å²) in [5, 5.41) is 20.4. The molecular formula is C21H31N3O7. The zero-order chi connectivity index (χ0) is 23.6. The average molecular weight is 437 g/mol. The van der Waals surface area contributed by atoms with Gasteiger partial charge in [0.15, 0.2) is 0 Å². The van der Waals surface area contributed by atoms with E-state index in [1.807, 2.05) is 25.1 Å². The van der Waals surface area contributed by atoms with Gasteiger partial charge in [-0.05, 0) is 11.5 Å². The average Bonchev–Trinajstić information content (AvgIpc) is 2.75. The van der Waals surface area contributed by atoms with Gasteiger partial charge in [0.2, 0.25) is 11.8 Å². The number of hydrogen-bond donors (Lipinski definition) is 3. The van der Waals surface area contributed by atoms with Crippen LogP contribution in [0, 0.1) is 5.92 Å². The third-order valence-corrected chi connectivity index (χ3v) is 4.95. The summed E-state index contributed by atoms with van der Waals surface area (Å²) in [7, 11) is 2.82. The van der Waals surface area contributed by atoms with Crippen molar-refractivity contribution in [2.45, 2.75) is 39.0 Å². The highest BCUT2D eigenvalue weighted by Crippen LogP contribution is 2.15. The summed E-state index contributed by atoms with van der Waals surface area (Å²) in [6.07, 6.45) is -0.150. The molecule has 0 saturated heterocycles. The molecule has 0 aromatic heterocycles. The maximum atomic E-state index is 12.7. The molecule has 0 aliphatic carbocycles. The largest absolute Gasteiger partial charge is 0.480 e. The molecule has 0 heterocycles. The molecule has 1 aromatic rings. The van der Waals surface area contributed by atoms with Crippen LogP contribution in [-0.2, 0) is 25.7 Å². The predicted molar refractivity (Wildman–Crippen MR) is 112 cm³/mol. The summed E-state index contributed by atoms with van der Waals surface area (Å²) in [4.78, 5) is 50.9. The molecule has 0 fully saturated rings. The molecule has 0 unspecified atom stereocenters. The zero-order valence-electron chi connectivity index (χ0n) is 18.3. The van der Waals surface area contributed by atoms with Crippen molar-refractivity contribution in [2.75, 3.05) is 27.2 Å². The SMILES string of the molecule is CC[C@H](C)[C@@H](C(=O)N[C@@H](CO)C(=O)O)N(C)C(=O)CN(C)C(=O)OCc1ccccc1. The van der Waals surface area contributed by atoms with E-state index in [1.54, 1.807) is 19.1 Å². The number of aliphatic hydroxyl groups excluding tert-OH is 1. The fourth-order valence-corrected chi connectivity index (χ4v) is 2.85. The number of rotatable bonds is 11. The second-order valence-electron chi connectivity index (χ2n) is 7.31. The van der Waals surface area contributed by atoms with E-state index in [-0.39, 0.29) is 19.1 Å². The number of nitrogens with zero attached hydrogens (tertiary/aromatic N) is 2. The summed E-state index contributed by atoms with van der Waals surface area (Å²) in [6, 6.07) is 6.64. The van der Waals surface area contributed by atoms with Gasteiger partial charge >= 0.3 is 12.1 Å². The van der Waals surface area contributed by atoms with Crippen LogP contribution in [0.25, 0.3) is 0 Å². The molecule has 3 N–H and O–H groups in total. The van der Waals surface area contributed by atoms with Crippen molar-refractivity contribution >= 4 is 23.9 Å². The Balaban J connectivity index is 2.76. The fraction of sp³-hybridized carbons (Fsp3) is 0.524. The van der Waals surface area contributed by atoms with Gasteiger partial charge in [0.05, 0.1) is 6.61 Å². The van der Waals surface area contributed by atoms with Crippen LogP contribution < -0.4 is 5.32 Å². The molecule has 0 spiro atoms. The molecule has 31 heavy (non-hydrogen) atoms. The minimum absolute atomic E-state index is 0.0592. The van der Waals surface area contributed by atoms with Gasteiger partial charge in [0.1, 0.15) is 25.2 Å². The lowest BCUT2D eigenvalue weighted by atomic mass is 9.96. The third-order valence-electron chi connectivity index (χ3n) is 4.95. The zero-order valence-corrected chi connectivity index (χ0v) is 18.3. The molecule has 172 valence electrons. The highest BCUT2D eigenvalue weighted by atomic mass is 16.6. The number of nitrogens with one attached hydrogen (secondary N) is 1. The Morgan fingerprint density at radius 3 is 2.26 bits per heavy atom. The van der Waals surface area contributed by atoms with Crippen LogP contribution in [-0.4, -0.2) is 83.2 Å². The monoisotopic (exact) mass is 437 g/mol. The van der Waals surface area contributed by atoms with Crippen LogP contribution in [0.1, 0.15) is 25.8 Å². The molecule has 3 atom stereocenters. The normalized spacial score (nSPS) is 13.5. The number of aliphatic hydroxyl groups is 1. The number of amides is 3. The number of benzene rings is 1. The maximum absolute atomic E-state index is 12.7. The van der Waals surface area contributed by atoms with Crippen LogP contribution in [0.15, 0.2) is 30.3 Å². The highest BCUT2D eigenvalue weighted by molar-refractivity contribution is 5.91. The number of likely N-dealkylation sites (N-methyl/N-ethyl adjacent to an activating group) is 2. The Morgan fingerprint density at radius 2 is 1.74 bits per heavy atom. The van der Waals surface area contributed by atoms with Crippen molar-refractivity contribution in [1.82, 2.24) is 15.1 Å². The van der Waals surface area contributed by atoms with Crippen molar-refractivity contribution in [1.29, 1.82) is 0 Å². The van der Waals surface area contributed by atoms with E-state index in [1.165, 1.54) is 19.0 Å². The molecule has 0 aliphatic rings. The summed E-state index contributed by atoms with van der Waals surface area (Å²) in [5.74, 6) is -2.89. The minimum atomic E-state index is -1.47. The molecule has 10 heteroatoms. The van der Waals surface area contributed by atoms with Crippen molar-refractivity contribution in [3.63, 3.8) is 0 Å². The van der Waals surface area contributed by atoms with Crippen LogP contribution >= 0.6 is 0 Å². The second-order valence-corrected chi connectivity index (χ2v) is 7.31. The van der Waals surface area contributed by atoms with Gasteiger partial charge < -0.3 is 30.1 Å². The Kier molecular flexibility index (Phi) is 10.5. The predicted octanol–water partition coefficient (Wildman–Crippen LogP) is 0.690. The number of carboxylic acids is 1. The molecule has 1 rings (SSSR count). The molecule has 1 aromatic carbocycles. The van der Waals surface area contributed by atoms with Crippen molar-refractivity contribution in [2.24, 2.45) is 5.92 Å². The molecular weight excluding hydrogens is 406 g/mol. The van der Waals surface area contributed by atoms with Crippen molar-refractivity contribution < 1.29 is 34.1 Å². The van der Waals surface area contributed by atoms with Gasteiger partial charge in [-0.25, -0.2) is 9.59 Å². The van der Waals surface area contributed by atoms with Gasteiger partial charge in [0, 0.05) is 14.1 Å². The van der Waals surface area contributed by atoms with E-state index in [0.717, 1.165) is 10.5 Å². The standard InChI is InChI=1S/C21H31N3O7/c1-5-14(2)18(19(27)22-16(12-25)20(28)29)24(4)17(26)11-23(3)21(30)31-13-15-9-7-6-8-10-15/h6-10,14,16,18,25H,5,11-13H2,1-4H3,(H,22,27)(H,28,29)/t14-,16-,18-/m0/s1. The fourth-order valence-electron chi connectivity index (χ4n) is 2.85. The first kappa shape index (κ1) is 25.9. The van der Waals surface area contributed by atoms with Crippen LogP contribution in [0.3, 0.4) is 0 Å². The molecule has 0 saturated carbocycles. The molecule has 0 radical (unpaired) electrons. The summed E-state index contributed by atoms with van der Waals surface area (Å²) >= 11 is 0. The van der Waals surface area contributed by atoms with E-state index in [4.69, 9.17) is 14.9 Å². The van der Waals surface area contributed by atoms with E-state index < -0.39 is 42.6 Å². The molecule has 10 nitrogen and oxygen atoms in total.